The molecule has 0 aromatic carbocycles. The van der Waals surface area contributed by atoms with Gasteiger partial charge in [0, 0.05) is 12.1 Å². The monoisotopic (exact) mass is 160 g/mol. The molecule has 3 N–H and O–H groups in total. The topological polar surface area (TPSA) is 44.3 Å². The van der Waals surface area contributed by atoms with Crippen LogP contribution in [0.5, 0.6) is 0 Å². The molecule has 11 heavy (non-hydrogen) atoms. The fourth-order valence-corrected chi connectivity index (χ4v) is 1.17. The molecule has 0 radical (unpaired) electrons. The predicted molar refractivity (Wildman–Crippen MR) is 47.2 cm³/mol. The maximum atomic E-state index is 9.63. The van der Waals surface area contributed by atoms with E-state index in [9.17, 15) is 5.11 Å². The largest absolute Gasteiger partial charge is 0.363 e. The second kappa shape index (κ2) is 4.04. The summed E-state index contributed by atoms with van der Waals surface area (Å²) in [4.78, 5) is 0. The Balaban J connectivity index is 3.79. The maximum absolute atomic E-state index is 9.63. The van der Waals surface area contributed by atoms with Crippen molar-refractivity contribution in [2.45, 2.75) is 52.6 Å². The highest BCUT2D eigenvalue weighted by Gasteiger charge is 2.20. The average molecular weight is 160 g/mol. The number of hydrogen-bond donors (Lipinski definition) is 3. The lowest BCUT2D eigenvalue weighted by Crippen LogP contribution is -2.58. The molecule has 3 heteroatoms. The van der Waals surface area contributed by atoms with Gasteiger partial charge in [0.15, 0.2) is 5.85 Å². The molecule has 0 aromatic heterocycles. The lowest BCUT2D eigenvalue weighted by atomic mass is 10.3. The van der Waals surface area contributed by atoms with Gasteiger partial charge in [-0.2, -0.15) is 0 Å². The Bertz CT molecular complexity index is 98.7. The molecule has 0 aliphatic carbocycles. The van der Waals surface area contributed by atoms with Crippen LogP contribution in [0, 0.1) is 0 Å². The van der Waals surface area contributed by atoms with Gasteiger partial charge in [0.05, 0.1) is 0 Å². The number of rotatable bonds is 4. The van der Waals surface area contributed by atoms with E-state index in [0.717, 1.165) is 0 Å². The molecule has 0 rings (SSSR count). The van der Waals surface area contributed by atoms with Crippen LogP contribution in [-0.4, -0.2) is 23.0 Å². The van der Waals surface area contributed by atoms with E-state index in [4.69, 9.17) is 0 Å². The fourth-order valence-electron chi connectivity index (χ4n) is 1.17. The van der Waals surface area contributed by atoms with E-state index in [1.54, 1.807) is 6.92 Å². The van der Waals surface area contributed by atoms with Gasteiger partial charge < -0.3 is 5.11 Å². The zero-order valence-corrected chi connectivity index (χ0v) is 8.10. The normalized spacial score (nSPS) is 13.1. The first-order valence-electron chi connectivity index (χ1n) is 4.11. The van der Waals surface area contributed by atoms with Crippen molar-refractivity contribution in [3.05, 3.63) is 0 Å². The van der Waals surface area contributed by atoms with E-state index < -0.39 is 5.85 Å². The molecule has 0 saturated heterocycles. The van der Waals surface area contributed by atoms with Crippen LogP contribution >= 0.6 is 0 Å². The van der Waals surface area contributed by atoms with Crippen molar-refractivity contribution in [2.24, 2.45) is 0 Å². The van der Waals surface area contributed by atoms with Crippen LogP contribution in [0.15, 0.2) is 0 Å². The van der Waals surface area contributed by atoms with Crippen molar-refractivity contribution in [3.63, 3.8) is 0 Å². The second-order valence-corrected chi connectivity index (χ2v) is 3.67. The van der Waals surface area contributed by atoms with Gasteiger partial charge in [-0.15, -0.1) is 0 Å². The van der Waals surface area contributed by atoms with Gasteiger partial charge in [-0.05, 0) is 34.6 Å². The Kier molecular flexibility index (Phi) is 4.00. The van der Waals surface area contributed by atoms with E-state index in [1.165, 1.54) is 0 Å². The van der Waals surface area contributed by atoms with Crippen molar-refractivity contribution in [1.29, 1.82) is 0 Å². The molecule has 0 amide bonds. The minimum Gasteiger partial charge on any atom is -0.363 e. The predicted octanol–water partition coefficient (Wildman–Crippen LogP) is 0.648. The molecule has 0 aliphatic heterocycles. The molecule has 0 aromatic rings. The zero-order chi connectivity index (χ0) is 9.07. The van der Waals surface area contributed by atoms with Gasteiger partial charge in [0.25, 0.3) is 0 Å². The van der Waals surface area contributed by atoms with Crippen molar-refractivity contribution in [1.82, 2.24) is 10.6 Å². The third kappa shape index (κ3) is 6.28. The van der Waals surface area contributed by atoms with E-state index in [0.29, 0.717) is 0 Å². The molecule has 0 spiro atoms. The number of aliphatic hydroxyl groups is 1. The van der Waals surface area contributed by atoms with Crippen LogP contribution in [-0.2, 0) is 0 Å². The number of nitrogens with one attached hydrogen (secondary N) is 2. The molecule has 0 fully saturated rings. The maximum Gasteiger partial charge on any atom is 0.169 e. The van der Waals surface area contributed by atoms with Crippen molar-refractivity contribution in [3.8, 4) is 0 Å². The third-order valence-corrected chi connectivity index (χ3v) is 1.14. The Morgan fingerprint density at radius 2 is 1.27 bits per heavy atom. The standard InChI is InChI=1S/C8H20N2O/c1-6(2)9-8(5,11)10-7(3)4/h6-7,9-11H,1-5H3. The highest BCUT2D eigenvalue weighted by molar-refractivity contribution is 4.71. The molecule has 0 unspecified atom stereocenters. The summed E-state index contributed by atoms with van der Waals surface area (Å²) < 4.78 is 0. The highest BCUT2D eigenvalue weighted by atomic mass is 16.3. The molecular weight excluding hydrogens is 140 g/mol. The van der Waals surface area contributed by atoms with Crippen molar-refractivity contribution >= 4 is 0 Å². The fraction of sp³-hybridized carbons (Fsp3) is 1.00. The van der Waals surface area contributed by atoms with Gasteiger partial charge in [-0.25, -0.2) is 0 Å². The SMILES string of the molecule is CC(C)NC(C)(O)NC(C)C. The van der Waals surface area contributed by atoms with E-state index >= 15 is 0 Å². The van der Waals surface area contributed by atoms with Crippen LogP contribution in [0.25, 0.3) is 0 Å². The summed E-state index contributed by atoms with van der Waals surface area (Å²) in [6.45, 7) is 9.70. The molecule has 0 saturated carbocycles. The van der Waals surface area contributed by atoms with Crippen LogP contribution < -0.4 is 10.6 Å². The van der Waals surface area contributed by atoms with Crippen molar-refractivity contribution < 1.29 is 5.11 Å². The summed E-state index contributed by atoms with van der Waals surface area (Å²) in [5.74, 6) is -0.956. The molecule has 3 nitrogen and oxygen atoms in total. The van der Waals surface area contributed by atoms with Gasteiger partial charge in [0.1, 0.15) is 0 Å². The molecule has 68 valence electrons. The van der Waals surface area contributed by atoms with Crippen LogP contribution in [0.4, 0.5) is 0 Å². The quantitative estimate of drug-likeness (QED) is 0.529. The average Bonchev–Trinajstić information content (AvgIpc) is 1.53. The molecule has 0 heterocycles. The van der Waals surface area contributed by atoms with Gasteiger partial charge >= 0.3 is 0 Å². The summed E-state index contributed by atoms with van der Waals surface area (Å²) in [5, 5.41) is 15.6. The van der Waals surface area contributed by atoms with E-state index in [2.05, 4.69) is 10.6 Å². The highest BCUT2D eigenvalue weighted by Crippen LogP contribution is 1.96. The summed E-state index contributed by atoms with van der Waals surface area (Å²) in [7, 11) is 0. The first-order valence-corrected chi connectivity index (χ1v) is 4.11. The van der Waals surface area contributed by atoms with Gasteiger partial charge in [-0.3, -0.25) is 10.6 Å². The van der Waals surface area contributed by atoms with Crippen LogP contribution in [0.1, 0.15) is 34.6 Å². The molecule has 0 atom stereocenters. The molecule has 0 aliphatic rings. The summed E-state index contributed by atoms with van der Waals surface area (Å²) >= 11 is 0. The third-order valence-electron chi connectivity index (χ3n) is 1.14. The van der Waals surface area contributed by atoms with Gasteiger partial charge in [-0.1, -0.05) is 0 Å². The Hall–Kier alpha value is -0.120. The number of hydrogen-bond acceptors (Lipinski definition) is 3. The first-order chi connectivity index (χ1) is 4.83. The smallest absolute Gasteiger partial charge is 0.169 e. The minimum absolute atomic E-state index is 0.274. The lowest BCUT2D eigenvalue weighted by Gasteiger charge is -2.30. The van der Waals surface area contributed by atoms with Crippen molar-refractivity contribution in [2.75, 3.05) is 0 Å². The van der Waals surface area contributed by atoms with E-state index in [-0.39, 0.29) is 12.1 Å². The van der Waals surface area contributed by atoms with Crippen LogP contribution in [0.3, 0.4) is 0 Å². The Morgan fingerprint density at radius 3 is 1.45 bits per heavy atom. The molecule has 0 bridgehead atoms. The molecular formula is C8H20N2O. The Morgan fingerprint density at radius 1 is 1.00 bits per heavy atom. The van der Waals surface area contributed by atoms with E-state index in [1.807, 2.05) is 27.7 Å². The summed E-state index contributed by atoms with van der Waals surface area (Å²) in [5.41, 5.74) is 0. The minimum atomic E-state index is -0.956. The zero-order valence-electron chi connectivity index (χ0n) is 8.10. The lowest BCUT2D eigenvalue weighted by molar-refractivity contribution is -0.0239. The second-order valence-electron chi connectivity index (χ2n) is 3.67. The Labute approximate surface area is 69.2 Å². The van der Waals surface area contributed by atoms with Crippen LogP contribution in [0.2, 0.25) is 0 Å². The first kappa shape index (κ1) is 10.9. The van der Waals surface area contributed by atoms with Gasteiger partial charge in [0.2, 0.25) is 0 Å². The summed E-state index contributed by atoms with van der Waals surface area (Å²) in [6.07, 6.45) is 0. The summed E-state index contributed by atoms with van der Waals surface area (Å²) in [6, 6.07) is 0.549.